The van der Waals surface area contributed by atoms with E-state index in [0.717, 1.165) is 19.4 Å². The maximum absolute atomic E-state index is 10.3. The summed E-state index contributed by atoms with van der Waals surface area (Å²) in [5, 5.41) is 14.8. The molecule has 1 aromatic rings. The Balaban J connectivity index is 0.000000686. The number of unbranched alkanes of at least 4 members (excludes halogenated alkanes) is 14. The van der Waals surface area contributed by atoms with Crippen molar-refractivity contribution in [3.8, 4) is 0 Å². The molecule has 3 N–H and O–H groups in total. The molecule has 0 saturated carbocycles. The lowest BCUT2D eigenvalue weighted by atomic mass is 10.0. The predicted octanol–water partition coefficient (Wildman–Crippen LogP) is 8.50. The molecule has 0 bridgehead atoms. The largest absolute Gasteiger partial charge is 0.481 e. The molecule has 35 heavy (non-hydrogen) atoms. The molecule has 0 fully saturated rings. The van der Waals surface area contributed by atoms with Crippen LogP contribution in [0.3, 0.4) is 0 Å². The van der Waals surface area contributed by atoms with E-state index >= 15 is 0 Å². The van der Waals surface area contributed by atoms with Gasteiger partial charge in [-0.05, 0) is 45.7 Å². The summed E-state index contributed by atoms with van der Waals surface area (Å²) in [5.74, 6) is 0.322. The molecule has 0 aliphatic heterocycles. The van der Waals surface area contributed by atoms with Crippen LogP contribution in [0.25, 0.3) is 0 Å². The van der Waals surface area contributed by atoms with Crippen molar-refractivity contribution in [2.75, 3.05) is 17.2 Å². The van der Waals surface area contributed by atoms with Crippen LogP contribution in [0.4, 0.5) is 11.9 Å². The molecule has 0 atom stereocenters. The third-order valence-electron chi connectivity index (χ3n) is 5.42. The van der Waals surface area contributed by atoms with Crippen molar-refractivity contribution in [1.29, 1.82) is 0 Å². The molecule has 0 amide bonds. The molecule has 8 heteroatoms. The van der Waals surface area contributed by atoms with Gasteiger partial charge in [0.25, 0.3) is 0 Å². The minimum atomic E-state index is -0.653. The summed E-state index contributed by atoms with van der Waals surface area (Å²) in [6.07, 6.45) is 20.2. The fourth-order valence-electron chi connectivity index (χ4n) is 3.63. The molecule has 0 radical (unpaired) electrons. The number of hydrogen-bond acceptors (Lipinski definition) is 6. The van der Waals surface area contributed by atoms with Crippen molar-refractivity contribution in [2.45, 2.75) is 143 Å². The molecule has 0 saturated heterocycles. The van der Waals surface area contributed by atoms with Gasteiger partial charge in [0.2, 0.25) is 17.2 Å². The quantitative estimate of drug-likeness (QED) is 0.159. The Morgan fingerprint density at radius 2 is 1.17 bits per heavy atom. The molecule has 1 aromatic heterocycles. The van der Waals surface area contributed by atoms with E-state index in [2.05, 4.69) is 32.5 Å². The molecular formula is C27H52ClN5O2. The van der Waals surface area contributed by atoms with E-state index in [9.17, 15) is 4.79 Å². The van der Waals surface area contributed by atoms with Crippen molar-refractivity contribution in [3.05, 3.63) is 5.28 Å². The summed E-state index contributed by atoms with van der Waals surface area (Å²) in [5.41, 5.74) is -0.103. The summed E-state index contributed by atoms with van der Waals surface area (Å²) in [4.78, 5) is 22.5. The minimum Gasteiger partial charge on any atom is -0.481 e. The number of rotatable bonds is 19. The number of nitrogens with zero attached hydrogens (tertiary/aromatic N) is 3. The number of halogens is 1. The first kappa shape index (κ1) is 33.4. The summed E-state index contributed by atoms with van der Waals surface area (Å²) >= 11 is 5.77. The number of nitrogens with one attached hydrogen (secondary N) is 2. The smallest absolute Gasteiger partial charge is 0.303 e. The third kappa shape index (κ3) is 23.9. The number of hydrogen-bond donors (Lipinski definition) is 3. The summed E-state index contributed by atoms with van der Waals surface area (Å²) in [7, 11) is 0. The Morgan fingerprint density at radius 3 is 1.57 bits per heavy atom. The number of aliphatic carboxylic acids is 1. The van der Waals surface area contributed by atoms with Crippen LogP contribution in [-0.4, -0.2) is 38.1 Å². The summed E-state index contributed by atoms with van der Waals surface area (Å²) < 4.78 is 0. The van der Waals surface area contributed by atoms with Gasteiger partial charge in [0.15, 0.2) is 0 Å². The highest BCUT2D eigenvalue weighted by molar-refractivity contribution is 6.28. The molecule has 204 valence electrons. The highest BCUT2D eigenvalue weighted by Crippen LogP contribution is 2.15. The third-order valence-corrected chi connectivity index (χ3v) is 5.59. The van der Waals surface area contributed by atoms with Gasteiger partial charge in [-0.15, -0.1) is 0 Å². The van der Waals surface area contributed by atoms with E-state index < -0.39 is 5.97 Å². The zero-order valence-corrected chi connectivity index (χ0v) is 23.9. The van der Waals surface area contributed by atoms with Crippen LogP contribution in [0.1, 0.15) is 137 Å². The van der Waals surface area contributed by atoms with E-state index in [1.165, 1.54) is 83.5 Å². The SMILES string of the molecule is CCCCCCCCCCCCCCCCCC(=O)O.CCNc1nc(Cl)nc(NC(C)(C)C)n1. The number of anilines is 2. The lowest BCUT2D eigenvalue weighted by Crippen LogP contribution is -2.27. The van der Waals surface area contributed by atoms with Gasteiger partial charge in [-0.25, -0.2) is 0 Å². The molecule has 7 nitrogen and oxygen atoms in total. The maximum atomic E-state index is 10.3. The highest BCUT2D eigenvalue weighted by atomic mass is 35.5. The van der Waals surface area contributed by atoms with E-state index in [0.29, 0.717) is 18.3 Å². The van der Waals surface area contributed by atoms with Crippen molar-refractivity contribution >= 4 is 29.5 Å². The topological polar surface area (TPSA) is 100 Å². The Morgan fingerprint density at radius 1 is 0.743 bits per heavy atom. The fraction of sp³-hybridized carbons (Fsp3) is 0.852. The second kappa shape index (κ2) is 21.6. The van der Waals surface area contributed by atoms with Gasteiger partial charge >= 0.3 is 5.97 Å². The van der Waals surface area contributed by atoms with Crippen LogP contribution in [0.2, 0.25) is 5.28 Å². The van der Waals surface area contributed by atoms with Gasteiger partial charge in [0.1, 0.15) is 0 Å². The van der Waals surface area contributed by atoms with Crippen LogP contribution in [0.15, 0.2) is 0 Å². The minimum absolute atomic E-state index is 0.103. The van der Waals surface area contributed by atoms with Gasteiger partial charge in [-0.2, -0.15) is 15.0 Å². The molecule has 1 rings (SSSR count). The summed E-state index contributed by atoms with van der Waals surface area (Å²) in [6, 6.07) is 0. The van der Waals surface area contributed by atoms with Crippen LogP contribution in [0.5, 0.6) is 0 Å². The van der Waals surface area contributed by atoms with Crippen LogP contribution >= 0.6 is 11.6 Å². The zero-order valence-electron chi connectivity index (χ0n) is 23.1. The average Bonchev–Trinajstić information content (AvgIpc) is 2.75. The van der Waals surface area contributed by atoms with Crippen molar-refractivity contribution in [1.82, 2.24) is 15.0 Å². The molecule has 0 unspecified atom stereocenters. The number of aromatic nitrogens is 3. The lowest BCUT2D eigenvalue weighted by molar-refractivity contribution is -0.137. The highest BCUT2D eigenvalue weighted by Gasteiger charge is 2.13. The van der Waals surface area contributed by atoms with E-state index in [1.807, 2.05) is 27.7 Å². The van der Waals surface area contributed by atoms with Gasteiger partial charge in [0.05, 0.1) is 0 Å². The Kier molecular flexibility index (Phi) is 20.6. The average molecular weight is 514 g/mol. The van der Waals surface area contributed by atoms with E-state index in [4.69, 9.17) is 16.7 Å². The standard InChI is InChI=1S/C18H36O2.C9H16ClN5/c1-2-3-4-5-6-7-8-9-10-11-12-13-14-15-16-17-18(19)20;1-5-11-7-12-6(10)13-8(14-7)15-9(2,3)4/h2-17H2,1H3,(H,19,20);5H2,1-4H3,(H2,11,12,13,14,15). The van der Waals surface area contributed by atoms with E-state index in [1.54, 1.807) is 0 Å². The molecule has 0 spiro atoms. The van der Waals surface area contributed by atoms with E-state index in [-0.39, 0.29) is 10.8 Å². The first-order valence-electron chi connectivity index (χ1n) is 13.8. The van der Waals surface area contributed by atoms with Gasteiger partial charge in [0, 0.05) is 18.5 Å². The predicted molar refractivity (Wildman–Crippen MR) is 150 cm³/mol. The Hall–Kier alpha value is -1.63. The molecule has 0 aromatic carbocycles. The van der Waals surface area contributed by atoms with Crippen molar-refractivity contribution in [3.63, 3.8) is 0 Å². The fourth-order valence-corrected chi connectivity index (χ4v) is 3.79. The number of carbonyl (C=O) groups is 1. The first-order chi connectivity index (χ1) is 16.7. The normalized spacial score (nSPS) is 11.0. The monoisotopic (exact) mass is 513 g/mol. The molecule has 0 aliphatic rings. The van der Waals surface area contributed by atoms with Gasteiger partial charge in [-0.3, -0.25) is 4.79 Å². The van der Waals surface area contributed by atoms with Crippen molar-refractivity contribution < 1.29 is 9.90 Å². The molecule has 1 heterocycles. The Bertz CT molecular complexity index is 653. The lowest BCUT2D eigenvalue weighted by Gasteiger charge is -2.20. The molecule has 0 aliphatic carbocycles. The van der Waals surface area contributed by atoms with Gasteiger partial charge < -0.3 is 15.7 Å². The summed E-state index contributed by atoms with van der Waals surface area (Å²) in [6.45, 7) is 11.1. The second-order valence-electron chi connectivity index (χ2n) is 10.3. The second-order valence-corrected chi connectivity index (χ2v) is 10.6. The zero-order chi connectivity index (χ0) is 26.4. The number of carboxylic acids is 1. The first-order valence-corrected chi connectivity index (χ1v) is 14.2. The maximum Gasteiger partial charge on any atom is 0.303 e. The van der Waals surface area contributed by atoms with Crippen LogP contribution in [-0.2, 0) is 4.79 Å². The molecular weight excluding hydrogens is 462 g/mol. The van der Waals surface area contributed by atoms with Crippen LogP contribution in [0, 0.1) is 0 Å². The van der Waals surface area contributed by atoms with Crippen LogP contribution < -0.4 is 10.6 Å². The Labute approximate surface area is 219 Å². The van der Waals surface area contributed by atoms with Gasteiger partial charge in [-0.1, -0.05) is 96.8 Å². The number of carboxylic acid groups (broad SMARTS) is 1. The van der Waals surface area contributed by atoms with Crippen molar-refractivity contribution in [2.24, 2.45) is 0 Å².